The van der Waals surface area contributed by atoms with Gasteiger partial charge in [0, 0.05) is 57.9 Å². The first-order valence-electron chi connectivity index (χ1n) is 9.32. The van der Waals surface area contributed by atoms with E-state index in [1.54, 1.807) is 0 Å². The zero-order valence-electron chi connectivity index (χ0n) is 15.6. The standard InChI is InChI=1S/C21H28N4O.ClH/c22-11-10-21(26)23-16-18-6-4-5-7-19(18)17-24-12-14-25(15-13-24)20-8-2-1-3-9-20;/h1-9H,10-17,22H2,(H,23,26);1H. The molecule has 27 heavy (non-hydrogen) atoms. The molecule has 2 aromatic rings. The average Bonchev–Trinajstić information content (AvgIpc) is 2.69. The summed E-state index contributed by atoms with van der Waals surface area (Å²) in [7, 11) is 0. The summed E-state index contributed by atoms with van der Waals surface area (Å²) < 4.78 is 0. The van der Waals surface area contributed by atoms with Gasteiger partial charge in [-0.3, -0.25) is 9.69 Å². The second kappa shape index (κ2) is 10.9. The summed E-state index contributed by atoms with van der Waals surface area (Å²) in [6.45, 7) is 6.05. The molecule has 1 heterocycles. The molecule has 1 saturated heterocycles. The topological polar surface area (TPSA) is 61.6 Å². The van der Waals surface area contributed by atoms with Gasteiger partial charge >= 0.3 is 0 Å². The predicted octanol–water partition coefficient (Wildman–Crippen LogP) is 2.40. The molecule has 1 amide bonds. The smallest absolute Gasteiger partial charge is 0.221 e. The Kier molecular flexibility index (Phi) is 8.58. The third-order valence-corrected chi connectivity index (χ3v) is 4.85. The number of amides is 1. The lowest BCUT2D eigenvalue weighted by atomic mass is 10.1. The number of carbonyl (C=O) groups excluding carboxylic acids is 1. The summed E-state index contributed by atoms with van der Waals surface area (Å²) >= 11 is 0. The first-order valence-corrected chi connectivity index (χ1v) is 9.32. The van der Waals surface area contributed by atoms with Crippen LogP contribution in [0.5, 0.6) is 0 Å². The van der Waals surface area contributed by atoms with Gasteiger partial charge in [0.05, 0.1) is 0 Å². The summed E-state index contributed by atoms with van der Waals surface area (Å²) in [4.78, 5) is 16.6. The van der Waals surface area contributed by atoms with Crippen molar-refractivity contribution in [2.45, 2.75) is 19.5 Å². The SMILES string of the molecule is Cl.NCCC(=O)NCc1ccccc1CN1CCN(c2ccccc2)CC1. The Balaban J connectivity index is 0.00000261. The van der Waals surface area contributed by atoms with Crippen molar-refractivity contribution in [3.63, 3.8) is 0 Å². The average molecular weight is 389 g/mol. The van der Waals surface area contributed by atoms with Crippen molar-refractivity contribution in [2.24, 2.45) is 5.73 Å². The molecule has 0 spiro atoms. The maximum absolute atomic E-state index is 11.7. The number of para-hydroxylation sites is 1. The molecule has 2 aromatic carbocycles. The molecule has 146 valence electrons. The number of nitrogens with zero attached hydrogens (tertiary/aromatic N) is 2. The van der Waals surface area contributed by atoms with Crippen LogP contribution >= 0.6 is 12.4 Å². The molecule has 0 unspecified atom stereocenters. The van der Waals surface area contributed by atoms with Crippen LogP contribution in [-0.4, -0.2) is 43.5 Å². The Hall–Kier alpha value is -2.08. The van der Waals surface area contributed by atoms with E-state index in [9.17, 15) is 4.79 Å². The van der Waals surface area contributed by atoms with Crippen LogP contribution in [0.4, 0.5) is 5.69 Å². The zero-order chi connectivity index (χ0) is 18.2. The zero-order valence-corrected chi connectivity index (χ0v) is 16.5. The Morgan fingerprint density at radius 3 is 2.22 bits per heavy atom. The predicted molar refractivity (Wildman–Crippen MR) is 113 cm³/mol. The number of nitrogens with two attached hydrogens (primary N) is 1. The monoisotopic (exact) mass is 388 g/mol. The van der Waals surface area contributed by atoms with Crippen LogP contribution in [0.3, 0.4) is 0 Å². The van der Waals surface area contributed by atoms with Gasteiger partial charge in [-0.05, 0) is 23.3 Å². The van der Waals surface area contributed by atoms with E-state index in [0.717, 1.165) is 32.7 Å². The molecule has 1 fully saturated rings. The van der Waals surface area contributed by atoms with Crippen molar-refractivity contribution in [2.75, 3.05) is 37.6 Å². The van der Waals surface area contributed by atoms with E-state index in [0.29, 0.717) is 19.5 Å². The second-order valence-electron chi connectivity index (χ2n) is 6.68. The molecule has 0 aromatic heterocycles. The molecule has 5 nitrogen and oxygen atoms in total. The van der Waals surface area contributed by atoms with E-state index in [1.165, 1.54) is 16.8 Å². The Morgan fingerprint density at radius 1 is 0.926 bits per heavy atom. The van der Waals surface area contributed by atoms with Crippen molar-refractivity contribution < 1.29 is 4.79 Å². The quantitative estimate of drug-likeness (QED) is 0.764. The van der Waals surface area contributed by atoms with Gasteiger partial charge in [0.15, 0.2) is 0 Å². The number of anilines is 1. The molecule has 0 aliphatic carbocycles. The molecular formula is C21H29ClN4O. The number of piperazine rings is 1. The van der Waals surface area contributed by atoms with Gasteiger partial charge < -0.3 is 16.0 Å². The molecule has 3 N–H and O–H groups in total. The number of hydrogen-bond donors (Lipinski definition) is 2. The molecule has 0 radical (unpaired) electrons. The van der Waals surface area contributed by atoms with Gasteiger partial charge in [-0.2, -0.15) is 0 Å². The summed E-state index contributed by atoms with van der Waals surface area (Å²) in [6, 6.07) is 19.0. The molecule has 0 atom stereocenters. The fourth-order valence-electron chi connectivity index (χ4n) is 3.34. The summed E-state index contributed by atoms with van der Waals surface area (Å²) in [5.41, 5.74) is 9.20. The van der Waals surface area contributed by atoms with Gasteiger partial charge in [-0.25, -0.2) is 0 Å². The third-order valence-electron chi connectivity index (χ3n) is 4.85. The maximum Gasteiger partial charge on any atom is 0.221 e. The largest absolute Gasteiger partial charge is 0.369 e. The lowest BCUT2D eigenvalue weighted by Gasteiger charge is -2.36. The minimum atomic E-state index is 0. The van der Waals surface area contributed by atoms with Crippen LogP contribution < -0.4 is 16.0 Å². The normalized spacial score (nSPS) is 14.5. The van der Waals surface area contributed by atoms with E-state index < -0.39 is 0 Å². The molecule has 3 rings (SSSR count). The van der Waals surface area contributed by atoms with E-state index >= 15 is 0 Å². The van der Waals surface area contributed by atoms with Crippen molar-refractivity contribution in [1.29, 1.82) is 0 Å². The highest BCUT2D eigenvalue weighted by molar-refractivity contribution is 5.85. The lowest BCUT2D eigenvalue weighted by molar-refractivity contribution is -0.121. The van der Waals surface area contributed by atoms with Gasteiger partial charge in [0.25, 0.3) is 0 Å². The van der Waals surface area contributed by atoms with Crippen LogP contribution in [0.15, 0.2) is 54.6 Å². The number of rotatable bonds is 7. The van der Waals surface area contributed by atoms with Crippen molar-refractivity contribution in [1.82, 2.24) is 10.2 Å². The number of nitrogens with one attached hydrogen (secondary N) is 1. The van der Waals surface area contributed by atoms with Crippen molar-refractivity contribution in [3.8, 4) is 0 Å². The second-order valence-corrected chi connectivity index (χ2v) is 6.68. The number of benzene rings is 2. The Bertz CT molecular complexity index is 702. The fraction of sp³-hybridized carbons (Fsp3) is 0.381. The molecular weight excluding hydrogens is 360 g/mol. The van der Waals surface area contributed by atoms with Crippen LogP contribution in [-0.2, 0) is 17.9 Å². The Labute approximate surface area is 167 Å². The molecule has 6 heteroatoms. The van der Waals surface area contributed by atoms with Gasteiger partial charge in [0.2, 0.25) is 5.91 Å². The van der Waals surface area contributed by atoms with Crippen LogP contribution in [0.1, 0.15) is 17.5 Å². The molecule has 1 aliphatic heterocycles. The lowest BCUT2D eigenvalue weighted by Crippen LogP contribution is -2.46. The highest BCUT2D eigenvalue weighted by Gasteiger charge is 2.18. The van der Waals surface area contributed by atoms with Gasteiger partial charge in [-0.1, -0.05) is 42.5 Å². The minimum Gasteiger partial charge on any atom is -0.369 e. The first kappa shape index (κ1) is 21.2. The summed E-state index contributed by atoms with van der Waals surface area (Å²) in [6.07, 6.45) is 0.379. The maximum atomic E-state index is 11.7. The first-order chi connectivity index (χ1) is 12.8. The van der Waals surface area contributed by atoms with E-state index in [-0.39, 0.29) is 18.3 Å². The number of hydrogen-bond acceptors (Lipinski definition) is 4. The van der Waals surface area contributed by atoms with Crippen LogP contribution in [0.25, 0.3) is 0 Å². The van der Waals surface area contributed by atoms with Crippen molar-refractivity contribution in [3.05, 3.63) is 65.7 Å². The summed E-state index contributed by atoms with van der Waals surface area (Å²) in [5.74, 6) is 0.0128. The molecule has 0 saturated carbocycles. The third kappa shape index (κ3) is 6.24. The fourth-order valence-corrected chi connectivity index (χ4v) is 3.34. The molecule has 0 bridgehead atoms. The van der Waals surface area contributed by atoms with Crippen LogP contribution in [0, 0.1) is 0 Å². The van der Waals surface area contributed by atoms with E-state index in [2.05, 4.69) is 63.6 Å². The van der Waals surface area contributed by atoms with Crippen LogP contribution in [0.2, 0.25) is 0 Å². The van der Waals surface area contributed by atoms with Gasteiger partial charge in [-0.15, -0.1) is 12.4 Å². The summed E-state index contributed by atoms with van der Waals surface area (Å²) in [5, 5.41) is 2.96. The highest BCUT2D eigenvalue weighted by Crippen LogP contribution is 2.18. The number of halogens is 1. The molecule has 1 aliphatic rings. The van der Waals surface area contributed by atoms with E-state index in [4.69, 9.17) is 5.73 Å². The van der Waals surface area contributed by atoms with Gasteiger partial charge in [0.1, 0.15) is 0 Å². The minimum absolute atomic E-state index is 0. The number of carbonyl (C=O) groups is 1. The van der Waals surface area contributed by atoms with Crippen molar-refractivity contribution >= 4 is 24.0 Å². The highest BCUT2D eigenvalue weighted by atomic mass is 35.5. The Morgan fingerprint density at radius 2 is 1.56 bits per heavy atom. The van der Waals surface area contributed by atoms with E-state index in [1.807, 2.05) is 6.07 Å².